The Morgan fingerprint density at radius 2 is 0.898 bits per heavy atom. The van der Waals surface area contributed by atoms with Crippen molar-refractivity contribution in [3.05, 3.63) is 167 Å². The number of aryl methyl sites for hydroxylation is 2. The summed E-state index contributed by atoms with van der Waals surface area (Å²) in [7, 11) is 0. The molecular weight excluding hydrogens is 634 g/mol. The molecule has 0 saturated heterocycles. The Morgan fingerprint density at radius 3 is 1.35 bits per heavy atom. The standard InChI is InChI=1S/C41H32F6N2/c1-27-20-34(40(42,43)44)24-38(22-27)49(39-23-28(2)21-35(25-39)41(45,46)47)37-18-16-36(17-19-37)48-26-29-8-10-31(11-9-29)33-14-12-32(13-15-33)30-6-4-3-5-7-30/h3-25,48H,26H2,1-2H3. The summed E-state index contributed by atoms with van der Waals surface area (Å²) in [6.07, 6.45) is -9.26. The van der Waals surface area contributed by atoms with Crippen LogP contribution < -0.4 is 10.2 Å². The van der Waals surface area contributed by atoms with Crippen LogP contribution in [-0.4, -0.2) is 0 Å². The quantitative estimate of drug-likeness (QED) is 0.163. The largest absolute Gasteiger partial charge is 0.416 e. The normalized spacial score (nSPS) is 11.8. The molecule has 6 aromatic rings. The first-order valence-corrected chi connectivity index (χ1v) is 15.6. The summed E-state index contributed by atoms with van der Waals surface area (Å²) < 4.78 is 82.7. The molecule has 0 bridgehead atoms. The maximum Gasteiger partial charge on any atom is 0.416 e. The van der Waals surface area contributed by atoms with E-state index in [0.717, 1.165) is 57.8 Å². The van der Waals surface area contributed by atoms with E-state index in [2.05, 4.69) is 53.8 Å². The van der Waals surface area contributed by atoms with E-state index in [1.54, 1.807) is 24.3 Å². The van der Waals surface area contributed by atoms with E-state index in [-0.39, 0.29) is 11.4 Å². The minimum atomic E-state index is -4.63. The highest BCUT2D eigenvalue weighted by Gasteiger charge is 2.33. The molecule has 0 unspecified atom stereocenters. The summed E-state index contributed by atoms with van der Waals surface area (Å²) in [5.41, 5.74) is 5.76. The van der Waals surface area contributed by atoms with Crippen LogP contribution in [0.25, 0.3) is 22.3 Å². The van der Waals surface area contributed by atoms with Crippen LogP contribution in [0.2, 0.25) is 0 Å². The molecule has 0 heterocycles. The second kappa shape index (κ2) is 13.5. The fourth-order valence-corrected chi connectivity index (χ4v) is 5.79. The molecule has 0 aliphatic heterocycles. The molecular formula is C41H32F6N2. The van der Waals surface area contributed by atoms with Crippen molar-refractivity contribution in [2.45, 2.75) is 32.7 Å². The first-order valence-electron chi connectivity index (χ1n) is 15.6. The number of rotatable bonds is 8. The Bertz CT molecular complexity index is 1970. The maximum absolute atomic E-state index is 13.8. The number of anilines is 4. The van der Waals surface area contributed by atoms with E-state index in [1.807, 2.05) is 30.3 Å². The van der Waals surface area contributed by atoms with E-state index in [9.17, 15) is 26.3 Å². The molecule has 6 aromatic carbocycles. The highest BCUT2D eigenvalue weighted by molar-refractivity contribution is 5.79. The van der Waals surface area contributed by atoms with E-state index < -0.39 is 23.5 Å². The third kappa shape index (κ3) is 7.97. The topological polar surface area (TPSA) is 15.3 Å². The number of halogens is 6. The van der Waals surface area contributed by atoms with Gasteiger partial charge >= 0.3 is 12.4 Å². The summed E-state index contributed by atoms with van der Waals surface area (Å²) in [4.78, 5) is 1.42. The smallest absolute Gasteiger partial charge is 0.381 e. The van der Waals surface area contributed by atoms with E-state index in [4.69, 9.17) is 0 Å². The zero-order valence-corrected chi connectivity index (χ0v) is 26.7. The fraction of sp³-hybridized carbons (Fsp3) is 0.122. The molecule has 0 spiro atoms. The van der Waals surface area contributed by atoms with Crippen molar-refractivity contribution in [2.24, 2.45) is 0 Å². The van der Waals surface area contributed by atoms with Gasteiger partial charge in [0.15, 0.2) is 0 Å². The molecule has 248 valence electrons. The Kier molecular flexibility index (Phi) is 9.24. The van der Waals surface area contributed by atoms with Gasteiger partial charge in [-0.1, -0.05) is 78.9 Å². The highest BCUT2D eigenvalue weighted by atomic mass is 19.4. The van der Waals surface area contributed by atoms with Crippen LogP contribution in [0.1, 0.15) is 27.8 Å². The van der Waals surface area contributed by atoms with Crippen LogP contribution in [0.15, 0.2) is 140 Å². The minimum Gasteiger partial charge on any atom is -0.381 e. The molecule has 2 nitrogen and oxygen atoms in total. The van der Waals surface area contributed by atoms with Crippen molar-refractivity contribution in [1.29, 1.82) is 0 Å². The fourth-order valence-electron chi connectivity index (χ4n) is 5.79. The first-order chi connectivity index (χ1) is 23.3. The number of benzene rings is 6. The minimum absolute atomic E-state index is 0.0987. The molecule has 0 aromatic heterocycles. The monoisotopic (exact) mass is 666 g/mol. The Morgan fingerprint density at radius 1 is 0.469 bits per heavy atom. The second-order valence-electron chi connectivity index (χ2n) is 12.0. The third-order valence-corrected chi connectivity index (χ3v) is 8.20. The summed E-state index contributed by atoms with van der Waals surface area (Å²) in [5.74, 6) is 0. The van der Waals surface area contributed by atoms with Crippen LogP contribution in [0.5, 0.6) is 0 Å². The van der Waals surface area contributed by atoms with Crippen molar-refractivity contribution in [3.63, 3.8) is 0 Å². The van der Waals surface area contributed by atoms with Gasteiger partial charge in [-0.05, 0) is 113 Å². The lowest BCUT2D eigenvalue weighted by Crippen LogP contribution is -2.14. The number of hydrogen-bond donors (Lipinski definition) is 1. The van der Waals surface area contributed by atoms with Crippen LogP contribution in [0.3, 0.4) is 0 Å². The Labute approximate surface area is 281 Å². The van der Waals surface area contributed by atoms with Gasteiger partial charge in [-0.15, -0.1) is 0 Å². The van der Waals surface area contributed by atoms with Gasteiger partial charge in [0.05, 0.1) is 11.1 Å². The summed E-state index contributed by atoms with van der Waals surface area (Å²) in [6, 6.07) is 40.6. The van der Waals surface area contributed by atoms with Crippen molar-refractivity contribution >= 4 is 22.7 Å². The molecule has 6 rings (SSSR count). The number of nitrogens with one attached hydrogen (secondary N) is 1. The predicted molar refractivity (Wildman–Crippen MR) is 185 cm³/mol. The molecule has 1 N–H and O–H groups in total. The van der Waals surface area contributed by atoms with E-state index in [0.29, 0.717) is 23.4 Å². The third-order valence-electron chi connectivity index (χ3n) is 8.20. The first kappa shape index (κ1) is 33.4. The molecule has 0 aliphatic carbocycles. The average Bonchev–Trinajstić information content (AvgIpc) is 3.07. The second-order valence-corrected chi connectivity index (χ2v) is 12.0. The van der Waals surface area contributed by atoms with E-state index in [1.165, 1.54) is 30.9 Å². The number of alkyl halides is 6. The van der Waals surface area contributed by atoms with Crippen molar-refractivity contribution in [3.8, 4) is 22.3 Å². The van der Waals surface area contributed by atoms with Gasteiger partial charge < -0.3 is 10.2 Å². The summed E-state index contributed by atoms with van der Waals surface area (Å²) in [6.45, 7) is 3.56. The number of nitrogens with zero attached hydrogens (tertiary/aromatic N) is 1. The molecule has 8 heteroatoms. The maximum atomic E-state index is 13.8. The average molecular weight is 667 g/mol. The number of hydrogen-bond acceptors (Lipinski definition) is 2. The lowest BCUT2D eigenvalue weighted by atomic mass is 9.99. The van der Waals surface area contributed by atoms with Crippen molar-refractivity contribution in [2.75, 3.05) is 10.2 Å². The van der Waals surface area contributed by atoms with Crippen molar-refractivity contribution < 1.29 is 26.3 Å². The molecule has 0 amide bonds. The highest BCUT2D eigenvalue weighted by Crippen LogP contribution is 2.42. The molecule has 0 atom stereocenters. The van der Waals surface area contributed by atoms with Crippen molar-refractivity contribution in [1.82, 2.24) is 0 Å². The van der Waals surface area contributed by atoms with Crippen LogP contribution >= 0.6 is 0 Å². The SMILES string of the molecule is Cc1cc(N(c2ccc(NCc3ccc(-c4ccc(-c5ccccc5)cc4)cc3)cc2)c2cc(C)cc(C(F)(F)F)c2)cc(C(F)(F)F)c1. The molecule has 0 aliphatic rings. The Hall–Kier alpha value is -5.50. The summed E-state index contributed by atoms with van der Waals surface area (Å²) in [5, 5.41) is 3.35. The molecule has 49 heavy (non-hydrogen) atoms. The zero-order chi connectivity index (χ0) is 34.8. The molecule has 0 radical (unpaired) electrons. The predicted octanol–water partition coefficient (Wildman–Crippen LogP) is 12.8. The summed E-state index contributed by atoms with van der Waals surface area (Å²) >= 11 is 0. The molecule has 0 fully saturated rings. The van der Waals surface area contributed by atoms with Gasteiger partial charge in [0, 0.05) is 29.3 Å². The van der Waals surface area contributed by atoms with Crippen LogP contribution in [-0.2, 0) is 18.9 Å². The van der Waals surface area contributed by atoms with Gasteiger partial charge in [-0.2, -0.15) is 26.3 Å². The van der Waals surface area contributed by atoms with Gasteiger partial charge in [0.2, 0.25) is 0 Å². The van der Waals surface area contributed by atoms with Gasteiger partial charge in [-0.3, -0.25) is 0 Å². The van der Waals surface area contributed by atoms with Crippen LogP contribution in [0, 0.1) is 13.8 Å². The lowest BCUT2D eigenvalue weighted by Gasteiger charge is -2.28. The van der Waals surface area contributed by atoms with Gasteiger partial charge in [-0.25, -0.2) is 0 Å². The van der Waals surface area contributed by atoms with Gasteiger partial charge in [0.25, 0.3) is 0 Å². The van der Waals surface area contributed by atoms with E-state index >= 15 is 0 Å². The van der Waals surface area contributed by atoms with Gasteiger partial charge in [0.1, 0.15) is 0 Å². The zero-order valence-electron chi connectivity index (χ0n) is 26.7. The Balaban J connectivity index is 1.22. The molecule has 0 saturated carbocycles. The lowest BCUT2D eigenvalue weighted by molar-refractivity contribution is -0.138. The van der Waals surface area contributed by atoms with Crippen LogP contribution in [0.4, 0.5) is 49.1 Å².